The number of benzene rings is 4. The lowest BCUT2D eigenvalue weighted by Crippen LogP contribution is -2.33. The van der Waals surface area contributed by atoms with Gasteiger partial charge in [0.05, 0.1) is 30.7 Å². The molecule has 12 heteroatoms. The van der Waals surface area contributed by atoms with E-state index in [1.54, 1.807) is 4.90 Å². The lowest BCUT2D eigenvalue weighted by atomic mass is 9.96. The first kappa shape index (κ1) is 31.9. The van der Waals surface area contributed by atoms with Crippen molar-refractivity contribution in [1.29, 1.82) is 0 Å². The maximum atomic E-state index is 15.9. The molecule has 0 unspecified atom stereocenters. The van der Waals surface area contributed by atoms with E-state index < -0.39 is 34.2 Å². The summed E-state index contributed by atoms with van der Waals surface area (Å²) in [7, 11) is -2.62. The first-order chi connectivity index (χ1) is 22.5. The zero-order valence-electron chi connectivity index (χ0n) is 25.5. The highest BCUT2D eigenvalue weighted by Crippen LogP contribution is 2.43. The summed E-state index contributed by atoms with van der Waals surface area (Å²) in [5, 5.41) is 12.6. The molecule has 1 fully saturated rings. The second-order valence-electron chi connectivity index (χ2n) is 11.3. The molecule has 0 radical (unpaired) electrons. The minimum atomic E-state index is -4.04. The molecule has 242 valence electrons. The van der Waals surface area contributed by atoms with Crippen molar-refractivity contribution < 1.29 is 36.3 Å². The van der Waals surface area contributed by atoms with Crippen molar-refractivity contribution in [3.8, 4) is 22.5 Å². The van der Waals surface area contributed by atoms with Gasteiger partial charge in [0.1, 0.15) is 23.0 Å². The van der Waals surface area contributed by atoms with Crippen molar-refractivity contribution >= 4 is 44.2 Å². The first-order valence-corrected chi connectivity index (χ1v) is 16.7. The highest BCUT2D eigenvalue weighted by molar-refractivity contribution is 7.92. The van der Waals surface area contributed by atoms with Crippen molar-refractivity contribution in [3.63, 3.8) is 0 Å². The van der Waals surface area contributed by atoms with Crippen LogP contribution in [0.15, 0.2) is 89.3 Å². The van der Waals surface area contributed by atoms with Gasteiger partial charge in [0.25, 0.3) is 11.8 Å². The number of anilines is 2. The van der Waals surface area contributed by atoms with E-state index in [0.29, 0.717) is 11.3 Å². The molecule has 1 aromatic heterocycles. The summed E-state index contributed by atoms with van der Waals surface area (Å²) in [6, 6.07) is 21.1. The second-order valence-corrected chi connectivity index (χ2v) is 13.2. The summed E-state index contributed by atoms with van der Waals surface area (Å²) >= 11 is 0. The van der Waals surface area contributed by atoms with Gasteiger partial charge in [-0.25, -0.2) is 17.2 Å². The fraction of sp³-hybridized carbons (Fsp3) is 0.200. The van der Waals surface area contributed by atoms with Crippen molar-refractivity contribution in [3.05, 3.63) is 108 Å². The van der Waals surface area contributed by atoms with Gasteiger partial charge in [0, 0.05) is 52.5 Å². The molecule has 1 aliphatic carbocycles. The van der Waals surface area contributed by atoms with E-state index in [4.69, 9.17) is 4.42 Å². The van der Waals surface area contributed by atoms with E-state index in [0.717, 1.165) is 29.5 Å². The first-order valence-electron chi connectivity index (χ1n) is 14.9. The quantitative estimate of drug-likeness (QED) is 0.191. The van der Waals surface area contributed by atoms with Crippen LogP contribution in [0.5, 0.6) is 0 Å². The van der Waals surface area contributed by atoms with Crippen molar-refractivity contribution in [1.82, 2.24) is 5.32 Å². The Balaban J connectivity index is 1.60. The summed E-state index contributed by atoms with van der Waals surface area (Å²) in [6.07, 6.45) is 2.58. The fourth-order valence-electron chi connectivity index (χ4n) is 5.68. The maximum Gasteiger partial charge on any atom is 0.258 e. The molecule has 0 saturated heterocycles. The minimum Gasteiger partial charge on any atom is -0.455 e. The Hall–Kier alpha value is -5.07. The van der Waals surface area contributed by atoms with Gasteiger partial charge in [-0.3, -0.25) is 13.9 Å². The second kappa shape index (κ2) is 12.6. The van der Waals surface area contributed by atoms with Gasteiger partial charge < -0.3 is 19.7 Å². The van der Waals surface area contributed by atoms with Crippen LogP contribution in [0.25, 0.3) is 33.4 Å². The zero-order chi connectivity index (χ0) is 33.5. The molecule has 4 aromatic carbocycles. The van der Waals surface area contributed by atoms with E-state index in [1.807, 2.05) is 30.3 Å². The minimum absolute atomic E-state index is 0.0125. The zero-order valence-corrected chi connectivity index (χ0v) is 26.4. The third-order valence-electron chi connectivity index (χ3n) is 8.01. The van der Waals surface area contributed by atoms with Gasteiger partial charge in [-0.15, -0.1) is 0 Å². The van der Waals surface area contributed by atoms with E-state index in [9.17, 15) is 27.5 Å². The van der Waals surface area contributed by atoms with Gasteiger partial charge in [-0.2, -0.15) is 0 Å². The van der Waals surface area contributed by atoms with E-state index in [2.05, 4.69) is 5.32 Å². The molecular formula is C35H31F2N3O6S. The maximum absolute atomic E-state index is 15.9. The molecule has 2 N–H and O–H groups in total. The topological polar surface area (TPSA) is 120 Å². The monoisotopic (exact) mass is 659 g/mol. The van der Waals surface area contributed by atoms with Gasteiger partial charge in [0.2, 0.25) is 10.0 Å². The van der Waals surface area contributed by atoms with Gasteiger partial charge in [0.15, 0.2) is 0 Å². The largest absolute Gasteiger partial charge is 0.455 e. The predicted molar refractivity (Wildman–Crippen MR) is 176 cm³/mol. The van der Waals surface area contributed by atoms with E-state index in [1.165, 1.54) is 55.6 Å². The number of halogens is 2. The Labute approximate surface area is 270 Å². The van der Waals surface area contributed by atoms with Crippen molar-refractivity contribution in [2.75, 3.05) is 35.7 Å². The SMILES string of the molecule is CNC(=O)c1c(-c2ccc(F)cc2)oc2cc(N(CCO)S(C)(=O)=O)c(-c3cc(C(=O)N(c4ccccc4)C4CC4)ccc3F)cc12. The Morgan fingerprint density at radius 3 is 2.28 bits per heavy atom. The predicted octanol–water partition coefficient (Wildman–Crippen LogP) is 5.97. The number of sulfonamides is 1. The lowest BCUT2D eigenvalue weighted by Gasteiger charge is -2.25. The van der Waals surface area contributed by atoms with Crippen molar-refractivity contribution in [2.24, 2.45) is 0 Å². The number of amides is 2. The number of hydrogen-bond acceptors (Lipinski definition) is 6. The molecule has 0 aliphatic heterocycles. The molecule has 6 rings (SSSR count). The Kier molecular flexibility index (Phi) is 8.56. The van der Waals surface area contributed by atoms with E-state index >= 15 is 4.39 Å². The normalized spacial score (nSPS) is 13.0. The standard InChI is InChI=1S/C35H31F2N3O6S/c1-38-34(42)32-28-19-27(26-18-22(10-15-29(26)37)35(43)40(25-13-14-25)24-6-4-3-5-7-24)30(39(16-17-41)47(2,44)45)20-31(28)46-33(32)21-8-11-23(36)12-9-21/h3-12,15,18-20,25,41H,13-14,16-17H2,1-2H3,(H,38,42). The summed E-state index contributed by atoms with van der Waals surface area (Å²) in [5.41, 5.74) is 1.29. The van der Waals surface area contributed by atoms with Gasteiger partial charge >= 0.3 is 0 Å². The van der Waals surface area contributed by atoms with Gasteiger partial charge in [-0.1, -0.05) is 18.2 Å². The average Bonchev–Trinajstić information content (AvgIpc) is 3.82. The number of nitrogens with zero attached hydrogens (tertiary/aromatic N) is 2. The molecular weight excluding hydrogens is 628 g/mol. The summed E-state index contributed by atoms with van der Waals surface area (Å²) in [5.74, 6) is -2.07. The number of carbonyl (C=O) groups excluding carboxylic acids is 2. The fourth-order valence-corrected chi connectivity index (χ4v) is 6.61. The van der Waals surface area contributed by atoms with Crippen molar-refractivity contribution in [2.45, 2.75) is 18.9 Å². The Morgan fingerprint density at radius 2 is 1.66 bits per heavy atom. The summed E-state index contributed by atoms with van der Waals surface area (Å²) in [6.45, 7) is -0.920. The Bertz CT molecular complexity index is 2100. The molecule has 5 aromatic rings. The highest BCUT2D eigenvalue weighted by atomic mass is 32.2. The van der Waals surface area contributed by atoms with Crippen LogP contribution < -0.4 is 14.5 Å². The number of fused-ring (bicyclic) bond motifs is 1. The number of hydrogen-bond donors (Lipinski definition) is 2. The number of nitrogens with one attached hydrogen (secondary N) is 1. The average molecular weight is 660 g/mol. The highest BCUT2D eigenvalue weighted by Gasteiger charge is 2.35. The Morgan fingerprint density at radius 1 is 0.957 bits per heavy atom. The van der Waals surface area contributed by atoms with Crippen LogP contribution >= 0.6 is 0 Å². The van der Waals surface area contributed by atoms with Crippen LogP contribution in [0, 0.1) is 11.6 Å². The number of aliphatic hydroxyl groups excluding tert-OH is 1. The number of para-hydroxylation sites is 1. The van der Waals surface area contributed by atoms with E-state index in [-0.39, 0.29) is 63.2 Å². The third-order valence-corrected chi connectivity index (χ3v) is 9.19. The van der Waals surface area contributed by atoms with Crippen LogP contribution in [0.2, 0.25) is 0 Å². The molecule has 1 heterocycles. The molecule has 0 atom stereocenters. The molecule has 1 saturated carbocycles. The smallest absolute Gasteiger partial charge is 0.258 e. The number of furan rings is 1. The summed E-state index contributed by atoms with van der Waals surface area (Å²) < 4.78 is 62.8. The van der Waals surface area contributed by atoms with Crippen LogP contribution in [0.3, 0.4) is 0 Å². The molecule has 1 aliphatic rings. The molecule has 47 heavy (non-hydrogen) atoms. The summed E-state index contributed by atoms with van der Waals surface area (Å²) in [4.78, 5) is 28.9. The number of aliphatic hydroxyl groups is 1. The molecule has 9 nitrogen and oxygen atoms in total. The van der Waals surface area contributed by atoms with Gasteiger partial charge in [-0.05, 0) is 73.5 Å². The molecule has 2 amide bonds. The van der Waals surface area contributed by atoms with Crippen LogP contribution in [-0.4, -0.2) is 57.8 Å². The third kappa shape index (κ3) is 6.21. The van der Waals surface area contributed by atoms with Crippen LogP contribution in [0.4, 0.5) is 20.2 Å². The van der Waals surface area contributed by atoms with Crippen LogP contribution in [0.1, 0.15) is 33.6 Å². The number of rotatable bonds is 10. The number of carbonyl (C=O) groups is 2. The lowest BCUT2D eigenvalue weighted by molar-refractivity contribution is 0.0962. The molecule has 0 spiro atoms. The molecule has 0 bridgehead atoms. The van der Waals surface area contributed by atoms with Crippen LogP contribution in [-0.2, 0) is 10.0 Å².